The molecule has 5 nitrogen and oxygen atoms in total. The van der Waals surface area contributed by atoms with E-state index in [4.69, 9.17) is 9.47 Å². The van der Waals surface area contributed by atoms with Gasteiger partial charge in [0.1, 0.15) is 18.1 Å². The zero-order chi connectivity index (χ0) is 20.6. The number of anilines is 1. The van der Waals surface area contributed by atoms with Crippen molar-refractivity contribution < 1.29 is 9.47 Å². The molecule has 1 fully saturated rings. The number of piperazine rings is 1. The molecule has 1 heterocycles. The van der Waals surface area contributed by atoms with Crippen molar-refractivity contribution in [2.75, 3.05) is 38.2 Å². The average Bonchev–Trinajstić information content (AvgIpc) is 2.83. The molecule has 0 aromatic heterocycles. The summed E-state index contributed by atoms with van der Waals surface area (Å²) < 4.78 is 11.4. The number of nitrogens with zero attached hydrogens (tertiary/aromatic N) is 3. The highest BCUT2D eigenvalue weighted by Crippen LogP contribution is 2.28. The number of hydrazone groups is 1. The standard InChI is InChI=1S/C25H27N3O2.ClH/c1-29-25-13-6-5-12-24(25)27-14-16-28(17-15-27)26-19-22-10-7-11-23(18-22)30-20-21-8-3-2-4-9-21;/h2-13,18-19H,14-17,20H2,1H3;1H/b26-19-;. The first-order valence-electron chi connectivity index (χ1n) is 10.3. The molecule has 1 aliphatic heterocycles. The van der Waals surface area contributed by atoms with Crippen molar-refractivity contribution in [2.45, 2.75) is 6.61 Å². The molecule has 0 spiro atoms. The van der Waals surface area contributed by atoms with Crippen LogP contribution >= 0.6 is 12.4 Å². The summed E-state index contributed by atoms with van der Waals surface area (Å²) in [4.78, 5) is 2.35. The lowest BCUT2D eigenvalue weighted by Gasteiger charge is -2.35. The van der Waals surface area contributed by atoms with Crippen LogP contribution in [0.15, 0.2) is 84.0 Å². The van der Waals surface area contributed by atoms with Gasteiger partial charge in [-0.1, -0.05) is 54.6 Å². The predicted molar refractivity (Wildman–Crippen MR) is 129 cm³/mol. The maximum absolute atomic E-state index is 5.92. The number of ether oxygens (including phenoxy) is 2. The van der Waals surface area contributed by atoms with E-state index in [1.54, 1.807) is 7.11 Å². The van der Waals surface area contributed by atoms with Crippen molar-refractivity contribution >= 4 is 24.3 Å². The first kappa shape index (κ1) is 22.5. The Labute approximate surface area is 190 Å². The molecule has 3 aromatic rings. The van der Waals surface area contributed by atoms with Crippen LogP contribution in [-0.2, 0) is 6.61 Å². The van der Waals surface area contributed by atoms with Gasteiger partial charge in [0.05, 0.1) is 32.1 Å². The summed E-state index contributed by atoms with van der Waals surface area (Å²) in [6, 6.07) is 26.4. The molecule has 31 heavy (non-hydrogen) atoms. The van der Waals surface area contributed by atoms with Gasteiger partial charge in [-0.2, -0.15) is 5.10 Å². The van der Waals surface area contributed by atoms with E-state index in [1.165, 1.54) is 0 Å². The molecule has 1 aliphatic rings. The smallest absolute Gasteiger partial charge is 0.142 e. The quantitative estimate of drug-likeness (QED) is 0.495. The second-order valence-electron chi connectivity index (χ2n) is 7.20. The summed E-state index contributed by atoms with van der Waals surface area (Å²) in [7, 11) is 1.72. The Morgan fingerprint density at radius 1 is 0.871 bits per heavy atom. The van der Waals surface area contributed by atoms with E-state index in [0.29, 0.717) is 6.61 Å². The first-order valence-corrected chi connectivity index (χ1v) is 10.3. The monoisotopic (exact) mass is 437 g/mol. The van der Waals surface area contributed by atoms with Crippen LogP contribution < -0.4 is 14.4 Å². The van der Waals surface area contributed by atoms with E-state index >= 15 is 0 Å². The maximum atomic E-state index is 5.92. The Balaban J connectivity index is 0.00000272. The lowest BCUT2D eigenvalue weighted by molar-refractivity contribution is 0.271. The minimum atomic E-state index is 0. The largest absolute Gasteiger partial charge is 0.495 e. The molecule has 3 aromatic carbocycles. The average molecular weight is 438 g/mol. The van der Waals surface area contributed by atoms with Crippen molar-refractivity contribution in [3.8, 4) is 11.5 Å². The van der Waals surface area contributed by atoms with Crippen molar-refractivity contribution in [2.24, 2.45) is 5.10 Å². The summed E-state index contributed by atoms with van der Waals surface area (Å²) in [5, 5.41) is 6.79. The molecule has 0 N–H and O–H groups in total. The van der Waals surface area contributed by atoms with Crippen LogP contribution in [0, 0.1) is 0 Å². The third-order valence-corrected chi connectivity index (χ3v) is 5.16. The van der Waals surface area contributed by atoms with Gasteiger partial charge in [-0.3, -0.25) is 5.01 Å². The summed E-state index contributed by atoms with van der Waals surface area (Å²) >= 11 is 0. The first-order chi connectivity index (χ1) is 14.8. The summed E-state index contributed by atoms with van der Waals surface area (Å²) in [5.74, 6) is 1.77. The van der Waals surface area contributed by atoms with Crippen LogP contribution in [0.3, 0.4) is 0 Å². The highest BCUT2D eigenvalue weighted by Gasteiger charge is 2.18. The van der Waals surface area contributed by atoms with E-state index in [1.807, 2.05) is 60.8 Å². The SMILES string of the molecule is COc1ccccc1N1CCN(/N=C\c2cccc(OCc3ccccc3)c2)CC1.Cl. The van der Waals surface area contributed by atoms with Crippen LogP contribution in [0.4, 0.5) is 5.69 Å². The van der Waals surface area contributed by atoms with Crippen molar-refractivity contribution in [1.29, 1.82) is 0 Å². The normalized spacial score (nSPS) is 13.7. The third kappa shape index (κ3) is 6.15. The molecule has 4 rings (SSSR count). The lowest BCUT2D eigenvalue weighted by Crippen LogP contribution is -2.44. The predicted octanol–water partition coefficient (Wildman–Crippen LogP) is 4.85. The topological polar surface area (TPSA) is 37.3 Å². The molecule has 162 valence electrons. The lowest BCUT2D eigenvalue weighted by atomic mass is 10.2. The molecule has 0 unspecified atom stereocenters. The van der Waals surface area contributed by atoms with Gasteiger partial charge in [0, 0.05) is 13.1 Å². The highest BCUT2D eigenvalue weighted by atomic mass is 35.5. The second kappa shape index (κ2) is 11.3. The number of halogens is 1. The molecule has 0 bridgehead atoms. The van der Waals surface area contributed by atoms with Crippen LogP contribution in [0.5, 0.6) is 11.5 Å². The Kier molecular flexibility index (Phi) is 8.19. The molecule has 0 aliphatic carbocycles. The zero-order valence-corrected chi connectivity index (χ0v) is 18.5. The maximum Gasteiger partial charge on any atom is 0.142 e. The Hall–Kier alpha value is -3.18. The van der Waals surface area contributed by atoms with Gasteiger partial charge in [0.2, 0.25) is 0 Å². The number of benzene rings is 3. The number of hydrogen-bond donors (Lipinski definition) is 0. The van der Waals surface area contributed by atoms with Gasteiger partial charge in [0.25, 0.3) is 0 Å². The Morgan fingerprint density at radius 2 is 1.61 bits per heavy atom. The van der Waals surface area contributed by atoms with E-state index < -0.39 is 0 Å². The third-order valence-electron chi connectivity index (χ3n) is 5.16. The minimum Gasteiger partial charge on any atom is -0.495 e. The van der Waals surface area contributed by atoms with Gasteiger partial charge in [-0.25, -0.2) is 0 Å². The van der Waals surface area contributed by atoms with Gasteiger partial charge in [-0.15, -0.1) is 12.4 Å². The fraction of sp³-hybridized carbons (Fsp3) is 0.240. The molecular weight excluding hydrogens is 410 g/mol. The molecule has 0 radical (unpaired) electrons. The van der Waals surface area contributed by atoms with E-state index in [0.717, 1.165) is 54.5 Å². The number of hydrogen-bond acceptors (Lipinski definition) is 5. The summed E-state index contributed by atoms with van der Waals surface area (Å²) in [5.41, 5.74) is 3.34. The van der Waals surface area contributed by atoms with Gasteiger partial charge in [0.15, 0.2) is 0 Å². The van der Waals surface area contributed by atoms with Crippen LogP contribution in [0.2, 0.25) is 0 Å². The Bertz CT molecular complexity index is 973. The molecular formula is C25H28ClN3O2. The molecule has 1 saturated heterocycles. The fourth-order valence-corrected chi connectivity index (χ4v) is 3.52. The van der Waals surface area contributed by atoms with Gasteiger partial charge < -0.3 is 14.4 Å². The van der Waals surface area contributed by atoms with Crippen LogP contribution in [0.1, 0.15) is 11.1 Å². The van der Waals surface area contributed by atoms with Crippen molar-refractivity contribution in [1.82, 2.24) is 5.01 Å². The molecule has 0 saturated carbocycles. The minimum absolute atomic E-state index is 0. The van der Waals surface area contributed by atoms with E-state index in [-0.39, 0.29) is 12.4 Å². The zero-order valence-electron chi connectivity index (χ0n) is 17.7. The number of methoxy groups -OCH3 is 1. The number of rotatable bonds is 7. The van der Waals surface area contributed by atoms with Crippen LogP contribution in [-0.4, -0.2) is 44.5 Å². The molecule has 0 amide bonds. The van der Waals surface area contributed by atoms with Crippen LogP contribution in [0.25, 0.3) is 0 Å². The fourth-order valence-electron chi connectivity index (χ4n) is 3.52. The van der Waals surface area contributed by atoms with Gasteiger partial charge in [-0.05, 0) is 35.4 Å². The summed E-state index contributed by atoms with van der Waals surface area (Å²) in [6.07, 6.45) is 1.91. The van der Waals surface area contributed by atoms with Crippen molar-refractivity contribution in [3.63, 3.8) is 0 Å². The number of para-hydroxylation sites is 2. The highest BCUT2D eigenvalue weighted by molar-refractivity contribution is 5.85. The van der Waals surface area contributed by atoms with E-state index in [2.05, 4.69) is 39.3 Å². The molecule has 6 heteroatoms. The Morgan fingerprint density at radius 3 is 2.39 bits per heavy atom. The van der Waals surface area contributed by atoms with Gasteiger partial charge >= 0.3 is 0 Å². The molecule has 0 atom stereocenters. The second-order valence-corrected chi connectivity index (χ2v) is 7.20. The van der Waals surface area contributed by atoms with E-state index in [9.17, 15) is 0 Å². The van der Waals surface area contributed by atoms with Crippen molar-refractivity contribution in [3.05, 3.63) is 90.0 Å². The summed E-state index contributed by atoms with van der Waals surface area (Å²) in [6.45, 7) is 4.14.